The van der Waals surface area contributed by atoms with Gasteiger partial charge in [0.05, 0.1) is 11.2 Å². The fraction of sp³-hybridized carbons (Fsp3) is 0.348. The number of nitrogens with one attached hydrogen (secondary N) is 1. The van der Waals surface area contributed by atoms with Gasteiger partial charge in [-0.1, -0.05) is 11.6 Å². The first-order chi connectivity index (χ1) is 15.0. The van der Waals surface area contributed by atoms with Crippen LogP contribution in [0.1, 0.15) is 37.7 Å². The van der Waals surface area contributed by atoms with Gasteiger partial charge in [-0.2, -0.15) is 0 Å². The van der Waals surface area contributed by atoms with E-state index in [9.17, 15) is 18.8 Å². The van der Waals surface area contributed by atoms with Crippen molar-refractivity contribution in [3.63, 3.8) is 0 Å². The summed E-state index contributed by atoms with van der Waals surface area (Å²) < 4.78 is 16.4. The van der Waals surface area contributed by atoms with Crippen molar-refractivity contribution in [2.24, 2.45) is 0 Å². The summed E-state index contributed by atoms with van der Waals surface area (Å²) in [6, 6.07) is 5.75. The lowest BCUT2D eigenvalue weighted by molar-refractivity contribution is -0.121. The number of hydrogen-bond acceptors (Lipinski definition) is 4. The van der Waals surface area contributed by atoms with Gasteiger partial charge < -0.3 is 5.32 Å². The van der Waals surface area contributed by atoms with Gasteiger partial charge in [0, 0.05) is 6.54 Å². The summed E-state index contributed by atoms with van der Waals surface area (Å²) in [5, 5.41) is 4.60. The van der Waals surface area contributed by atoms with Crippen molar-refractivity contribution in [3.8, 4) is 5.69 Å². The molecule has 6 nitrogen and oxygen atoms in total. The van der Waals surface area contributed by atoms with Gasteiger partial charge in [0.1, 0.15) is 17.1 Å². The number of halogens is 1. The third-order valence-corrected chi connectivity index (χ3v) is 6.50. The van der Waals surface area contributed by atoms with E-state index in [1.54, 1.807) is 18.4 Å². The van der Waals surface area contributed by atoms with E-state index in [0.717, 1.165) is 23.8 Å². The number of thiophene rings is 1. The highest BCUT2D eigenvalue weighted by Crippen LogP contribution is 2.20. The maximum atomic E-state index is 13.7. The summed E-state index contributed by atoms with van der Waals surface area (Å²) >= 11 is 1.21. The number of amides is 1. The van der Waals surface area contributed by atoms with Gasteiger partial charge in [-0.05, 0) is 74.2 Å². The fourth-order valence-electron chi connectivity index (χ4n) is 3.93. The highest BCUT2D eigenvalue weighted by molar-refractivity contribution is 7.17. The molecule has 0 unspecified atom stereocenters. The molecule has 1 aliphatic carbocycles. The van der Waals surface area contributed by atoms with Crippen molar-refractivity contribution in [1.29, 1.82) is 0 Å². The Bertz CT molecular complexity index is 1290. The van der Waals surface area contributed by atoms with Crippen molar-refractivity contribution in [1.82, 2.24) is 14.5 Å². The minimum atomic E-state index is -0.618. The van der Waals surface area contributed by atoms with Crippen LogP contribution in [0.25, 0.3) is 15.9 Å². The monoisotopic (exact) mass is 441 g/mol. The van der Waals surface area contributed by atoms with Gasteiger partial charge in [0.2, 0.25) is 5.91 Å². The summed E-state index contributed by atoms with van der Waals surface area (Å²) in [5.41, 5.74) is 1.32. The Kier molecular flexibility index (Phi) is 6.18. The van der Waals surface area contributed by atoms with Gasteiger partial charge in [0.15, 0.2) is 0 Å². The predicted octanol–water partition coefficient (Wildman–Crippen LogP) is 3.67. The zero-order valence-corrected chi connectivity index (χ0v) is 18.1. The average Bonchev–Trinajstić information content (AvgIpc) is 3.25. The molecular formula is C23H24FN3O3S. The van der Waals surface area contributed by atoms with Crippen LogP contribution in [0.2, 0.25) is 0 Å². The molecule has 0 atom stereocenters. The second kappa shape index (κ2) is 9.01. The van der Waals surface area contributed by atoms with Crippen molar-refractivity contribution in [2.75, 3.05) is 6.54 Å². The van der Waals surface area contributed by atoms with Gasteiger partial charge in [-0.3, -0.25) is 14.2 Å². The zero-order chi connectivity index (χ0) is 22.0. The molecule has 1 amide bonds. The van der Waals surface area contributed by atoms with Crippen LogP contribution in [-0.4, -0.2) is 21.6 Å². The van der Waals surface area contributed by atoms with Crippen LogP contribution in [0.4, 0.5) is 4.39 Å². The first-order valence-electron chi connectivity index (χ1n) is 10.4. The lowest BCUT2D eigenvalue weighted by atomic mass is 9.97. The van der Waals surface area contributed by atoms with E-state index in [-0.39, 0.29) is 18.1 Å². The Morgan fingerprint density at radius 3 is 2.81 bits per heavy atom. The number of rotatable bonds is 6. The van der Waals surface area contributed by atoms with E-state index in [2.05, 4.69) is 11.4 Å². The maximum absolute atomic E-state index is 13.7. The second-order valence-corrected chi connectivity index (χ2v) is 8.70. The molecule has 31 heavy (non-hydrogen) atoms. The van der Waals surface area contributed by atoms with E-state index in [4.69, 9.17) is 0 Å². The zero-order valence-electron chi connectivity index (χ0n) is 17.3. The van der Waals surface area contributed by atoms with Crippen LogP contribution >= 0.6 is 11.3 Å². The number of fused-ring (bicyclic) bond motifs is 1. The molecule has 1 aliphatic rings. The Morgan fingerprint density at radius 1 is 1.23 bits per heavy atom. The van der Waals surface area contributed by atoms with Crippen LogP contribution < -0.4 is 16.6 Å². The smallest absolute Gasteiger partial charge is 0.336 e. The van der Waals surface area contributed by atoms with Crippen molar-refractivity contribution < 1.29 is 9.18 Å². The van der Waals surface area contributed by atoms with Gasteiger partial charge in [-0.15, -0.1) is 11.3 Å². The predicted molar refractivity (Wildman–Crippen MR) is 121 cm³/mol. The summed E-state index contributed by atoms with van der Waals surface area (Å²) in [6.07, 6.45) is 7.64. The first kappa shape index (κ1) is 21.2. The fourth-order valence-corrected chi connectivity index (χ4v) is 4.75. The molecule has 4 rings (SSSR count). The normalized spacial score (nSPS) is 13.9. The number of allylic oxidation sites excluding steroid dienone is 1. The van der Waals surface area contributed by atoms with Crippen LogP contribution in [0.15, 0.2) is 50.9 Å². The topological polar surface area (TPSA) is 73.1 Å². The molecule has 0 saturated heterocycles. The number of hydrogen-bond donors (Lipinski definition) is 1. The van der Waals surface area contributed by atoms with Crippen LogP contribution in [0, 0.1) is 12.7 Å². The molecule has 1 aromatic carbocycles. The molecule has 2 aromatic heterocycles. The highest BCUT2D eigenvalue weighted by Gasteiger charge is 2.18. The molecule has 0 radical (unpaired) electrons. The van der Waals surface area contributed by atoms with Gasteiger partial charge in [-0.25, -0.2) is 13.8 Å². The van der Waals surface area contributed by atoms with Crippen LogP contribution in [0.3, 0.4) is 0 Å². The van der Waals surface area contributed by atoms with Gasteiger partial charge in [0.25, 0.3) is 5.56 Å². The third kappa shape index (κ3) is 4.39. The number of carbonyl (C=O) groups excluding carboxylic acids is 1. The Hall–Kier alpha value is -3.00. The SMILES string of the molecule is Cc1cc(-n2c(=O)c3sccc3n(CC(=O)NCCC3=CCCCC3)c2=O)ccc1F. The van der Waals surface area contributed by atoms with Crippen LogP contribution in [-0.2, 0) is 11.3 Å². The minimum absolute atomic E-state index is 0.189. The van der Waals surface area contributed by atoms with E-state index >= 15 is 0 Å². The summed E-state index contributed by atoms with van der Waals surface area (Å²) in [5.74, 6) is -0.701. The Labute approximate surface area is 182 Å². The number of carbonyl (C=O) groups is 1. The summed E-state index contributed by atoms with van der Waals surface area (Å²) in [7, 11) is 0. The Balaban J connectivity index is 1.63. The molecule has 162 valence electrons. The van der Waals surface area contributed by atoms with E-state index in [0.29, 0.717) is 22.3 Å². The summed E-state index contributed by atoms with van der Waals surface area (Å²) in [6.45, 7) is 1.90. The summed E-state index contributed by atoms with van der Waals surface area (Å²) in [4.78, 5) is 38.7. The maximum Gasteiger partial charge on any atom is 0.336 e. The number of aromatic nitrogens is 2. The third-order valence-electron chi connectivity index (χ3n) is 5.61. The minimum Gasteiger partial charge on any atom is -0.354 e. The second-order valence-electron chi connectivity index (χ2n) is 7.79. The van der Waals surface area contributed by atoms with Crippen molar-refractivity contribution >= 4 is 27.5 Å². The first-order valence-corrected chi connectivity index (χ1v) is 11.3. The molecule has 3 aromatic rings. The molecule has 2 heterocycles. The van der Waals surface area contributed by atoms with Gasteiger partial charge >= 0.3 is 5.69 Å². The lowest BCUT2D eigenvalue weighted by Crippen LogP contribution is -2.41. The molecule has 0 aliphatic heterocycles. The molecule has 0 bridgehead atoms. The molecule has 0 spiro atoms. The Morgan fingerprint density at radius 2 is 2.06 bits per heavy atom. The van der Waals surface area contributed by atoms with E-state index in [1.165, 1.54) is 52.5 Å². The molecule has 8 heteroatoms. The largest absolute Gasteiger partial charge is 0.354 e. The van der Waals surface area contributed by atoms with Crippen LogP contribution in [0.5, 0.6) is 0 Å². The standard InChI is InChI=1S/C23H24FN3O3S/c1-15-13-17(7-8-18(15)24)27-22(29)21-19(10-12-31-21)26(23(27)30)14-20(28)25-11-9-16-5-3-2-4-6-16/h5,7-8,10,12-13H,2-4,6,9,11,14H2,1H3,(H,25,28). The molecule has 0 fully saturated rings. The number of nitrogens with zero attached hydrogens (tertiary/aromatic N) is 2. The van der Waals surface area contributed by atoms with Crippen molar-refractivity contribution in [2.45, 2.75) is 45.6 Å². The average molecular weight is 442 g/mol. The van der Waals surface area contributed by atoms with E-state index in [1.807, 2.05) is 0 Å². The molecule has 0 saturated carbocycles. The molecule has 1 N–H and O–H groups in total. The molecular weight excluding hydrogens is 417 g/mol. The number of aryl methyl sites for hydroxylation is 1. The number of benzene rings is 1. The lowest BCUT2D eigenvalue weighted by Gasteiger charge is -2.14. The van der Waals surface area contributed by atoms with E-state index < -0.39 is 17.1 Å². The van der Waals surface area contributed by atoms with Crippen molar-refractivity contribution in [3.05, 3.63) is 73.5 Å². The quantitative estimate of drug-likeness (QED) is 0.594. The highest BCUT2D eigenvalue weighted by atomic mass is 32.1.